The molecule has 2 saturated heterocycles. The molecular weight excluding hydrogens is 230 g/mol. The Bertz CT molecular complexity index is 277. The number of hydrogen-bond donors (Lipinski definition) is 3. The predicted molar refractivity (Wildman–Crippen MR) is 70.3 cm³/mol. The van der Waals surface area contributed by atoms with Crippen LogP contribution in [-0.2, 0) is 4.79 Å². The van der Waals surface area contributed by atoms with Gasteiger partial charge in [0.1, 0.15) is 0 Å². The molecule has 3 atom stereocenters. The lowest BCUT2D eigenvalue weighted by Gasteiger charge is -2.33. The summed E-state index contributed by atoms with van der Waals surface area (Å²) in [6, 6.07) is 0.708. The van der Waals surface area contributed by atoms with Gasteiger partial charge in [0.05, 0.1) is 6.04 Å². The van der Waals surface area contributed by atoms with Gasteiger partial charge in [0.2, 0.25) is 5.91 Å². The summed E-state index contributed by atoms with van der Waals surface area (Å²) < 4.78 is 0. The molecule has 0 aromatic rings. The van der Waals surface area contributed by atoms with Gasteiger partial charge < -0.3 is 20.6 Å². The van der Waals surface area contributed by atoms with Crippen molar-refractivity contribution in [1.29, 1.82) is 0 Å². The van der Waals surface area contributed by atoms with Crippen LogP contribution in [0.3, 0.4) is 0 Å². The molecule has 2 rings (SSSR count). The number of hydrogen-bond acceptors (Lipinski definition) is 4. The normalized spacial score (nSPS) is 32.8. The molecule has 5 nitrogen and oxygen atoms in total. The second kappa shape index (κ2) is 6.50. The van der Waals surface area contributed by atoms with Gasteiger partial charge in [-0.15, -0.1) is 0 Å². The van der Waals surface area contributed by atoms with Gasteiger partial charge in [-0.1, -0.05) is 0 Å². The van der Waals surface area contributed by atoms with Crippen molar-refractivity contribution in [1.82, 2.24) is 15.5 Å². The highest BCUT2D eigenvalue weighted by atomic mass is 16.3. The minimum atomic E-state index is -0.0732. The molecule has 0 bridgehead atoms. The van der Waals surface area contributed by atoms with E-state index in [4.69, 9.17) is 5.11 Å². The van der Waals surface area contributed by atoms with Crippen molar-refractivity contribution >= 4 is 5.91 Å². The second-order valence-corrected chi connectivity index (χ2v) is 5.46. The van der Waals surface area contributed by atoms with Crippen LogP contribution in [0.4, 0.5) is 0 Å². The fourth-order valence-corrected chi connectivity index (χ4v) is 2.91. The third-order valence-corrected chi connectivity index (χ3v) is 3.99. The number of amides is 1. The second-order valence-electron chi connectivity index (χ2n) is 5.46. The van der Waals surface area contributed by atoms with Crippen molar-refractivity contribution in [2.75, 3.05) is 26.2 Å². The molecule has 2 aliphatic heterocycles. The lowest BCUT2D eigenvalue weighted by atomic mass is 10.1. The maximum Gasteiger partial charge on any atom is 0.241 e. The fraction of sp³-hybridized carbons (Fsp3) is 0.923. The Labute approximate surface area is 109 Å². The molecule has 0 saturated carbocycles. The molecule has 0 aliphatic carbocycles. The average Bonchev–Trinajstić information content (AvgIpc) is 2.84. The zero-order valence-electron chi connectivity index (χ0n) is 11.2. The quantitative estimate of drug-likeness (QED) is 0.645. The van der Waals surface area contributed by atoms with E-state index in [9.17, 15) is 4.79 Å². The van der Waals surface area contributed by atoms with Crippen molar-refractivity contribution in [3.63, 3.8) is 0 Å². The van der Waals surface area contributed by atoms with E-state index in [0.29, 0.717) is 12.1 Å². The minimum absolute atomic E-state index is 0.0732. The van der Waals surface area contributed by atoms with E-state index in [1.807, 2.05) is 4.90 Å². The number of carbonyl (C=O) groups excluding carboxylic acids is 1. The average molecular weight is 255 g/mol. The lowest BCUT2D eigenvalue weighted by molar-refractivity contribution is -0.134. The van der Waals surface area contributed by atoms with E-state index in [2.05, 4.69) is 17.6 Å². The first-order valence-corrected chi connectivity index (χ1v) is 7.10. The molecule has 104 valence electrons. The van der Waals surface area contributed by atoms with Gasteiger partial charge in [0.15, 0.2) is 0 Å². The molecular formula is C13H25N3O2. The molecule has 5 heteroatoms. The predicted octanol–water partition coefficient (Wildman–Crippen LogP) is -0.300. The highest BCUT2D eigenvalue weighted by molar-refractivity contribution is 5.82. The van der Waals surface area contributed by atoms with E-state index in [1.165, 1.54) is 0 Å². The Hall–Kier alpha value is -0.650. The molecule has 0 aromatic heterocycles. The Morgan fingerprint density at radius 3 is 2.89 bits per heavy atom. The van der Waals surface area contributed by atoms with Crippen LogP contribution in [0.25, 0.3) is 0 Å². The maximum atomic E-state index is 12.4. The number of aliphatic hydroxyl groups excluding tert-OH is 1. The van der Waals surface area contributed by atoms with E-state index in [-0.39, 0.29) is 18.6 Å². The Kier molecular flexibility index (Phi) is 4.97. The Morgan fingerprint density at radius 1 is 1.39 bits per heavy atom. The van der Waals surface area contributed by atoms with Crippen molar-refractivity contribution in [3.05, 3.63) is 0 Å². The summed E-state index contributed by atoms with van der Waals surface area (Å²) >= 11 is 0. The fourth-order valence-electron chi connectivity index (χ4n) is 2.91. The van der Waals surface area contributed by atoms with Crippen LogP contribution in [0.1, 0.15) is 32.6 Å². The first-order valence-electron chi connectivity index (χ1n) is 7.10. The summed E-state index contributed by atoms with van der Waals surface area (Å²) in [6.07, 6.45) is 3.90. The number of piperazine rings is 1. The third kappa shape index (κ3) is 3.22. The minimum Gasteiger partial charge on any atom is -0.396 e. The summed E-state index contributed by atoms with van der Waals surface area (Å²) in [5.41, 5.74) is 0. The van der Waals surface area contributed by atoms with Gasteiger partial charge >= 0.3 is 0 Å². The largest absolute Gasteiger partial charge is 0.396 e. The number of nitrogens with one attached hydrogen (secondary N) is 2. The van der Waals surface area contributed by atoms with Crippen LogP contribution in [0.15, 0.2) is 0 Å². The van der Waals surface area contributed by atoms with E-state index in [1.54, 1.807) is 0 Å². The summed E-state index contributed by atoms with van der Waals surface area (Å²) in [7, 11) is 0. The first kappa shape index (κ1) is 13.8. The van der Waals surface area contributed by atoms with Gasteiger partial charge in [0, 0.05) is 38.3 Å². The van der Waals surface area contributed by atoms with Gasteiger partial charge in [-0.2, -0.15) is 0 Å². The SMILES string of the molecule is CC1CNC(C(=O)N2CCCC2CCCO)CN1. The molecule has 3 unspecified atom stereocenters. The molecule has 2 fully saturated rings. The molecule has 2 aliphatic rings. The van der Waals surface area contributed by atoms with Crippen LogP contribution in [0, 0.1) is 0 Å². The smallest absolute Gasteiger partial charge is 0.241 e. The van der Waals surface area contributed by atoms with E-state index >= 15 is 0 Å². The molecule has 0 spiro atoms. The number of carbonyl (C=O) groups is 1. The van der Waals surface area contributed by atoms with Crippen LogP contribution >= 0.6 is 0 Å². The standard InChI is InChI=1S/C13H25N3O2/c1-10-8-15-12(9-14-10)13(18)16-6-2-4-11(16)5-3-7-17/h10-12,14-15,17H,2-9H2,1H3. The van der Waals surface area contributed by atoms with Crippen LogP contribution in [0.2, 0.25) is 0 Å². The van der Waals surface area contributed by atoms with Crippen molar-refractivity contribution in [3.8, 4) is 0 Å². The number of rotatable bonds is 4. The molecule has 1 amide bonds. The highest BCUT2D eigenvalue weighted by Crippen LogP contribution is 2.22. The highest BCUT2D eigenvalue weighted by Gasteiger charge is 2.33. The van der Waals surface area contributed by atoms with Crippen LogP contribution < -0.4 is 10.6 Å². The van der Waals surface area contributed by atoms with Gasteiger partial charge in [0.25, 0.3) is 0 Å². The number of likely N-dealkylation sites (tertiary alicyclic amines) is 1. The monoisotopic (exact) mass is 255 g/mol. The molecule has 18 heavy (non-hydrogen) atoms. The first-order chi connectivity index (χ1) is 8.72. The van der Waals surface area contributed by atoms with Crippen LogP contribution in [0.5, 0.6) is 0 Å². The van der Waals surface area contributed by atoms with Gasteiger partial charge in [-0.3, -0.25) is 4.79 Å². The molecule has 3 N–H and O–H groups in total. The molecule has 2 heterocycles. The summed E-state index contributed by atoms with van der Waals surface area (Å²) in [5.74, 6) is 0.231. The summed E-state index contributed by atoms with van der Waals surface area (Å²) in [4.78, 5) is 14.5. The third-order valence-electron chi connectivity index (χ3n) is 3.99. The Morgan fingerprint density at radius 2 is 2.22 bits per heavy atom. The summed E-state index contributed by atoms with van der Waals surface area (Å²) in [6.45, 7) is 4.80. The molecule has 0 radical (unpaired) electrons. The maximum absolute atomic E-state index is 12.4. The molecule has 0 aromatic carbocycles. The van der Waals surface area contributed by atoms with Crippen molar-refractivity contribution in [2.45, 2.75) is 50.7 Å². The van der Waals surface area contributed by atoms with Gasteiger partial charge in [-0.25, -0.2) is 0 Å². The van der Waals surface area contributed by atoms with E-state index in [0.717, 1.165) is 45.3 Å². The zero-order chi connectivity index (χ0) is 13.0. The number of nitrogens with zero attached hydrogens (tertiary/aromatic N) is 1. The van der Waals surface area contributed by atoms with Gasteiger partial charge in [-0.05, 0) is 32.6 Å². The number of aliphatic hydroxyl groups is 1. The topological polar surface area (TPSA) is 64.6 Å². The van der Waals surface area contributed by atoms with Crippen LogP contribution in [-0.4, -0.2) is 60.3 Å². The Balaban J connectivity index is 1.87. The van der Waals surface area contributed by atoms with Crippen molar-refractivity contribution in [2.24, 2.45) is 0 Å². The lowest BCUT2D eigenvalue weighted by Crippen LogP contribution is -2.60. The van der Waals surface area contributed by atoms with Crippen molar-refractivity contribution < 1.29 is 9.90 Å². The zero-order valence-corrected chi connectivity index (χ0v) is 11.2. The van der Waals surface area contributed by atoms with E-state index < -0.39 is 0 Å². The summed E-state index contributed by atoms with van der Waals surface area (Å²) in [5, 5.41) is 15.6.